The van der Waals surface area contributed by atoms with Gasteiger partial charge in [-0.1, -0.05) is 48.5 Å². The van der Waals surface area contributed by atoms with Crippen molar-refractivity contribution in [3.05, 3.63) is 66.0 Å². The average molecular weight is 449 g/mol. The van der Waals surface area contributed by atoms with Crippen molar-refractivity contribution in [3.8, 4) is 11.3 Å². The lowest BCUT2D eigenvalue weighted by molar-refractivity contribution is -0.146. The molecule has 32 heavy (non-hydrogen) atoms. The first-order chi connectivity index (χ1) is 15.5. The van der Waals surface area contributed by atoms with Crippen LogP contribution in [0.25, 0.3) is 11.3 Å². The first kappa shape index (κ1) is 21.4. The zero-order valence-corrected chi connectivity index (χ0v) is 18.0. The molecule has 0 radical (unpaired) electrons. The van der Waals surface area contributed by atoms with Gasteiger partial charge in [-0.05, 0) is 19.1 Å². The van der Waals surface area contributed by atoms with Gasteiger partial charge in [0, 0.05) is 23.8 Å². The summed E-state index contributed by atoms with van der Waals surface area (Å²) in [5.74, 6) is -1.44. The van der Waals surface area contributed by atoms with Crippen LogP contribution in [0, 0.1) is 0 Å². The Balaban J connectivity index is 1.38. The van der Waals surface area contributed by atoms with Crippen molar-refractivity contribution >= 4 is 45.7 Å². The van der Waals surface area contributed by atoms with Gasteiger partial charge in [0.25, 0.3) is 5.91 Å². The Kier molecular flexibility index (Phi) is 6.37. The summed E-state index contributed by atoms with van der Waals surface area (Å²) in [5.41, 5.74) is 2.34. The molecule has 1 atom stereocenters. The second-order valence-electron chi connectivity index (χ2n) is 7.03. The van der Waals surface area contributed by atoms with Crippen LogP contribution in [0.4, 0.5) is 10.8 Å². The number of hydrogen-bond acceptors (Lipinski definition) is 7. The SMILES string of the molecule is CC(OC(=O)C1=NN(c2ccccc2)C(=O)CC1)C(=O)Nc1nc(-c2ccccc2)cs1. The molecule has 4 rings (SSSR count). The minimum absolute atomic E-state index is 0.0914. The molecule has 9 heteroatoms. The van der Waals surface area contributed by atoms with Crippen molar-refractivity contribution in [1.29, 1.82) is 0 Å². The molecule has 1 unspecified atom stereocenters. The third kappa shape index (κ3) is 4.89. The quantitative estimate of drug-likeness (QED) is 0.577. The molecule has 2 heterocycles. The number of nitrogens with zero attached hydrogens (tertiary/aromatic N) is 3. The molecular weight excluding hydrogens is 428 g/mol. The maximum atomic E-state index is 12.6. The summed E-state index contributed by atoms with van der Waals surface area (Å²) in [4.78, 5) is 41.6. The first-order valence-corrected chi connectivity index (χ1v) is 10.9. The minimum Gasteiger partial charge on any atom is -0.448 e. The van der Waals surface area contributed by atoms with Crippen LogP contribution < -0.4 is 10.3 Å². The number of aromatic nitrogens is 1. The number of benzene rings is 2. The number of amides is 2. The van der Waals surface area contributed by atoms with E-state index in [1.165, 1.54) is 23.3 Å². The highest BCUT2D eigenvalue weighted by atomic mass is 32.1. The number of ether oxygens (including phenoxy) is 1. The highest BCUT2D eigenvalue weighted by Gasteiger charge is 2.28. The summed E-state index contributed by atoms with van der Waals surface area (Å²) in [6.07, 6.45) is -0.774. The zero-order chi connectivity index (χ0) is 22.5. The molecule has 0 bridgehead atoms. The molecule has 0 saturated heterocycles. The number of hydrogen-bond donors (Lipinski definition) is 1. The Morgan fingerprint density at radius 1 is 1.06 bits per heavy atom. The molecule has 162 valence electrons. The molecule has 2 amide bonds. The van der Waals surface area contributed by atoms with Crippen LogP contribution in [0.3, 0.4) is 0 Å². The van der Waals surface area contributed by atoms with Gasteiger partial charge >= 0.3 is 5.97 Å². The molecule has 1 N–H and O–H groups in total. The van der Waals surface area contributed by atoms with E-state index in [0.29, 0.717) is 10.8 Å². The van der Waals surface area contributed by atoms with Gasteiger partial charge < -0.3 is 4.74 Å². The number of rotatable bonds is 6. The van der Waals surface area contributed by atoms with E-state index in [1.54, 1.807) is 24.3 Å². The highest BCUT2D eigenvalue weighted by Crippen LogP contribution is 2.25. The number of esters is 1. The van der Waals surface area contributed by atoms with E-state index in [0.717, 1.165) is 11.3 Å². The second kappa shape index (κ2) is 9.52. The first-order valence-electron chi connectivity index (χ1n) is 9.99. The fourth-order valence-corrected chi connectivity index (χ4v) is 3.76. The second-order valence-corrected chi connectivity index (χ2v) is 7.89. The third-order valence-corrected chi connectivity index (χ3v) is 5.48. The normalized spacial score (nSPS) is 14.5. The monoisotopic (exact) mass is 448 g/mol. The number of hydrazone groups is 1. The molecule has 0 fully saturated rings. The van der Waals surface area contributed by atoms with Gasteiger partial charge in [-0.2, -0.15) is 5.10 Å². The Morgan fingerprint density at radius 3 is 2.47 bits per heavy atom. The van der Waals surface area contributed by atoms with Crippen LogP contribution in [-0.4, -0.2) is 34.6 Å². The number of para-hydroxylation sites is 1. The Labute approximate surface area is 188 Å². The molecule has 8 nitrogen and oxygen atoms in total. The number of anilines is 2. The summed E-state index contributed by atoms with van der Waals surface area (Å²) in [5, 5.41) is 10.3. The van der Waals surface area contributed by atoms with Gasteiger partial charge in [-0.15, -0.1) is 11.3 Å². The lowest BCUT2D eigenvalue weighted by Gasteiger charge is -2.23. The average Bonchev–Trinajstić information content (AvgIpc) is 3.29. The lowest BCUT2D eigenvalue weighted by Crippen LogP contribution is -2.37. The van der Waals surface area contributed by atoms with E-state index < -0.39 is 18.0 Å². The summed E-state index contributed by atoms with van der Waals surface area (Å²) in [6, 6.07) is 18.4. The van der Waals surface area contributed by atoms with Gasteiger partial charge in [0.15, 0.2) is 11.2 Å². The van der Waals surface area contributed by atoms with Gasteiger partial charge in [0.2, 0.25) is 5.91 Å². The molecule has 0 spiro atoms. The van der Waals surface area contributed by atoms with E-state index in [-0.39, 0.29) is 24.5 Å². The Hall–Kier alpha value is -3.85. The van der Waals surface area contributed by atoms with Crippen molar-refractivity contribution in [1.82, 2.24) is 4.98 Å². The maximum Gasteiger partial charge on any atom is 0.355 e. The summed E-state index contributed by atoms with van der Waals surface area (Å²) in [6.45, 7) is 1.47. The zero-order valence-electron chi connectivity index (χ0n) is 17.2. The highest BCUT2D eigenvalue weighted by molar-refractivity contribution is 7.14. The predicted molar refractivity (Wildman–Crippen MR) is 122 cm³/mol. The molecule has 1 aliphatic rings. The van der Waals surface area contributed by atoms with Crippen molar-refractivity contribution in [2.75, 3.05) is 10.3 Å². The van der Waals surface area contributed by atoms with Crippen LogP contribution in [0.1, 0.15) is 19.8 Å². The largest absolute Gasteiger partial charge is 0.448 e. The minimum atomic E-state index is -1.06. The van der Waals surface area contributed by atoms with Crippen LogP contribution in [0.2, 0.25) is 0 Å². The van der Waals surface area contributed by atoms with E-state index >= 15 is 0 Å². The molecule has 1 aliphatic heterocycles. The number of carbonyl (C=O) groups excluding carboxylic acids is 3. The van der Waals surface area contributed by atoms with Crippen molar-refractivity contribution in [2.45, 2.75) is 25.9 Å². The molecular formula is C23H20N4O4S. The number of nitrogens with one attached hydrogen (secondary N) is 1. The van der Waals surface area contributed by atoms with Gasteiger partial charge in [-0.3, -0.25) is 14.9 Å². The van der Waals surface area contributed by atoms with Gasteiger partial charge in [0.05, 0.1) is 11.4 Å². The molecule has 0 saturated carbocycles. The molecule has 0 aliphatic carbocycles. The Bertz CT molecular complexity index is 1160. The summed E-state index contributed by atoms with van der Waals surface area (Å²) in [7, 11) is 0. The molecule has 2 aromatic carbocycles. The van der Waals surface area contributed by atoms with E-state index in [2.05, 4.69) is 15.4 Å². The maximum absolute atomic E-state index is 12.6. The van der Waals surface area contributed by atoms with Crippen LogP contribution in [0.5, 0.6) is 0 Å². The predicted octanol–water partition coefficient (Wildman–Crippen LogP) is 3.86. The standard InChI is InChI=1S/C23H20N4O4S/c1-15(21(29)25-23-24-19(14-32-23)16-8-4-2-5-9-16)31-22(30)18-12-13-20(28)27(26-18)17-10-6-3-7-11-17/h2-11,14-15H,12-13H2,1H3,(H,24,25,29). The third-order valence-electron chi connectivity index (χ3n) is 4.73. The van der Waals surface area contributed by atoms with Crippen molar-refractivity contribution in [2.24, 2.45) is 5.10 Å². The molecule has 3 aromatic rings. The van der Waals surface area contributed by atoms with Crippen LogP contribution in [-0.2, 0) is 19.1 Å². The van der Waals surface area contributed by atoms with Crippen LogP contribution in [0.15, 0.2) is 71.1 Å². The summed E-state index contributed by atoms with van der Waals surface area (Å²) < 4.78 is 5.29. The lowest BCUT2D eigenvalue weighted by atomic mass is 10.1. The molecule has 1 aromatic heterocycles. The van der Waals surface area contributed by atoms with Crippen molar-refractivity contribution < 1.29 is 19.1 Å². The van der Waals surface area contributed by atoms with Gasteiger partial charge in [-0.25, -0.2) is 14.8 Å². The number of carbonyl (C=O) groups is 3. The van der Waals surface area contributed by atoms with E-state index in [1.807, 2.05) is 41.8 Å². The van der Waals surface area contributed by atoms with E-state index in [9.17, 15) is 14.4 Å². The number of thiazole rings is 1. The fraction of sp³-hybridized carbons (Fsp3) is 0.174. The smallest absolute Gasteiger partial charge is 0.355 e. The van der Waals surface area contributed by atoms with Crippen LogP contribution >= 0.6 is 11.3 Å². The Morgan fingerprint density at radius 2 is 1.75 bits per heavy atom. The van der Waals surface area contributed by atoms with Crippen molar-refractivity contribution in [3.63, 3.8) is 0 Å². The topological polar surface area (TPSA) is 101 Å². The van der Waals surface area contributed by atoms with Gasteiger partial charge in [0.1, 0.15) is 5.71 Å². The fourth-order valence-electron chi connectivity index (χ4n) is 3.03. The van der Waals surface area contributed by atoms with E-state index in [4.69, 9.17) is 4.74 Å². The summed E-state index contributed by atoms with van der Waals surface area (Å²) >= 11 is 1.28.